The molecule has 104 valence electrons. The molecule has 21 heavy (non-hydrogen) atoms. The van der Waals surface area contributed by atoms with E-state index in [0.29, 0.717) is 5.56 Å². The number of nitro benzene ring substituents is 1. The van der Waals surface area contributed by atoms with Crippen LogP contribution in [0.15, 0.2) is 48.5 Å². The zero-order valence-electron chi connectivity index (χ0n) is 10.5. The van der Waals surface area contributed by atoms with Crippen molar-refractivity contribution in [1.82, 2.24) is 20.2 Å². The molecule has 0 fully saturated rings. The minimum atomic E-state index is -0.527. The van der Waals surface area contributed by atoms with Crippen LogP contribution in [0.5, 0.6) is 0 Å². The van der Waals surface area contributed by atoms with Crippen LogP contribution in [0.25, 0.3) is 17.1 Å². The van der Waals surface area contributed by atoms with Gasteiger partial charge in [0.1, 0.15) is 5.82 Å². The SMILES string of the molecule is O=[N+]([O-])c1ccccc1-n1nnc(-c2cccc(F)c2)n1. The molecule has 1 heterocycles. The fourth-order valence-corrected chi connectivity index (χ4v) is 1.85. The summed E-state index contributed by atoms with van der Waals surface area (Å²) in [7, 11) is 0. The van der Waals surface area contributed by atoms with Crippen molar-refractivity contribution >= 4 is 5.69 Å². The van der Waals surface area contributed by atoms with Crippen LogP contribution >= 0.6 is 0 Å². The maximum absolute atomic E-state index is 13.2. The molecular formula is C13H8FN5O2. The van der Waals surface area contributed by atoms with Gasteiger partial charge in [-0.15, -0.1) is 15.0 Å². The number of halogens is 1. The van der Waals surface area contributed by atoms with Crippen molar-refractivity contribution < 1.29 is 9.31 Å². The Labute approximate surface area is 117 Å². The quantitative estimate of drug-likeness (QED) is 0.544. The highest BCUT2D eigenvalue weighted by molar-refractivity contribution is 5.55. The first kappa shape index (κ1) is 12.9. The molecule has 0 bridgehead atoms. The van der Waals surface area contributed by atoms with Crippen LogP contribution in [0.2, 0.25) is 0 Å². The third kappa shape index (κ3) is 2.46. The van der Waals surface area contributed by atoms with Crippen molar-refractivity contribution in [2.45, 2.75) is 0 Å². The summed E-state index contributed by atoms with van der Waals surface area (Å²) in [5, 5.41) is 22.6. The average Bonchev–Trinajstić information content (AvgIpc) is 2.97. The molecule has 0 N–H and O–H groups in total. The predicted molar refractivity (Wildman–Crippen MR) is 71.2 cm³/mol. The summed E-state index contributed by atoms with van der Waals surface area (Å²) in [6.45, 7) is 0. The Morgan fingerprint density at radius 3 is 2.71 bits per heavy atom. The fraction of sp³-hybridized carbons (Fsp3) is 0. The summed E-state index contributed by atoms with van der Waals surface area (Å²) in [5.74, 6) is -0.234. The molecule has 0 aliphatic carbocycles. The Kier molecular flexibility index (Phi) is 3.11. The van der Waals surface area contributed by atoms with Crippen molar-refractivity contribution in [3.63, 3.8) is 0 Å². The number of aromatic nitrogens is 4. The number of benzene rings is 2. The smallest absolute Gasteiger partial charge is 0.258 e. The number of nitro groups is 1. The number of para-hydroxylation sites is 2. The van der Waals surface area contributed by atoms with Crippen molar-refractivity contribution in [3.8, 4) is 17.1 Å². The van der Waals surface area contributed by atoms with Gasteiger partial charge in [0, 0.05) is 11.6 Å². The van der Waals surface area contributed by atoms with E-state index in [9.17, 15) is 14.5 Å². The van der Waals surface area contributed by atoms with Gasteiger partial charge in [-0.05, 0) is 23.4 Å². The second kappa shape index (κ2) is 5.08. The number of nitrogens with zero attached hydrogens (tertiary/aromatic N) is 5. The first-order chi connectivity index (χ1) is 10.1. The topological polar surface area (TPSA) is 86.7 Å². The van der Waals surface area contributed by atoms with Gasteiger partial charge in [0.05, 0.1) is 4.92 Å². The summed E-state index contributed by atoms with van der Waals surface area (Å²) in [4.78, 5) is 11.5. The zero-order chi connectivity index (χ0) is 14.8. The first-order valence-electron chi connectivity index (χ1n) is 5.95. The van der Waals surface area contributed by atoms with Gasteiger partial charge in [0.25, 0.3) is 5.69 Å². The molecule has 0 radical (unpaired) electrons. The third-order valence-electron chi connectivity index (χ3n) is 2.79. The van der Waals surface area contributed by atoms with Crippen LogP contribution < -0.4 is 0 Å². The number of rotatable bonds is 3. The maximum atomic E-state index is 13.2. The van der Waals surface area contributed by atoms with Crippen LogP contribution in [0, 0.1) is 15.9 Å². The summed E-state index contributed by atoms with van der Waals surface area (Å²) < 4.78 is 13.2. The lowest BCUT2D eigenvalue weighted by molar-refractivity contribution is -0.384. The van der Waals surface area contributed by atoms with E-state index in [1.54, 1.807) is 18.2 Å². The summed E-state index contributed by atoms with van der Waals surface area (Å²) in [6, 6.07) is 11.8. The highest BCUT2D eigenvalue weighted by Gasteiger charge is 2.17. The van der Waals surface area contributed by atoms with E-state index in [1.165, 1.54) is 30.3 Å². The number of hydrogen-bond acceptors (Lipinski definition) is 5. The minimum absolute atomic E-state index is 0.138. The Balaban J connectivity index is 2.05. The molecule has 0 amide bonds. The molecule has 0 saturated heterocycles. The molecule has 0 aliphatic rings. The van der Waals surface area contributed by atoms with Gasteiger partial charge in [0.15, 0.2) is 5.69 Å². The highest BCUT2D eigenvalue weighted by atomic mass is 19.1. The fourth-order valence-electron chi connectivity index (χ4n) is 1.85. The summed E-state index contributed by atoms with van der Waals surface area (Å²) in [6.07, 6.45) is 0. The number of hydrogen-bond donors (Lipinski definition) is 0. The molecule has 3 rings (SSSR count). The van der Waals surface area contributed by atoms with E-state index >= 15 is 0 Å². The van der Waals surface area contributed by atoms with Gasteiger partial charge in [-0.1, -0.05) is 24.3 Å². The first-order valence-corrected chi connectivity index (χ1v) is 5.95. The van der Waals surface area contributed by atoms with E-state index in [0.717, 1.165) is 4.80 Å². The second-order valence-corrected chi connectivity index (χ2v) is 4.16. The van der Waals surface area contributed by atoms with Crippen LogP contribution in [-0.2, 0) is 0 Å². The summed E-state index contributed by atoms with van der Waals surface area (Å²) >= 11 is 0. The molecule has 0 aliphatic heterocycles. The molecule has 3 aromatic rings. The normalized spacial score (nSPS) is 10.5. The monoisotopic (exact) mass is 285 g/mol. The molecule has 0 saturated carbocycles. The molecule has 2 aromatic carbocycles. The largest absolute Gasteiger partial charge is 0.296 e. The second-order valence-electron chi connectivity index (χ2n) is 4.16. The van der Waals surface area contributed by atoms with Gasteiger partial charge in [-0.25, -0.2) is 4.39 Å². The Hall–Kier alpha value is -3.16. The standard InChI is InChI=1S/C13H8FN5O2/c14-10-5-3-4-9(8-10)13-15-17-18(16-13)11-6-1-2-7-12(11)19(20)21/h1-8H. The molecule has 1 aromatic heterocycles. The average molecular weight is 285 g/mol. The van der Waals surface area contributed by atoms with E-state index in [4.69, 9.17) is 0 Å². The number of tetrazole rings is 1. The van der Waals surface area contributed by atoms with E-state index in [2.05, 4.69) is 15.4 Å². The summed E-state index contributed by atoms with van der Waals surface area (Å²) in [5.41, 5.74) is 0.498. The molecular weight excluding hydrogens is 277 g/mol. The highest BCUT2D eigenvalue weighted by Crippen LogP contribution is 2.22. The Bertz CT molecular complexity index is 818. The molecule has 7 nitrogen and oxygen atoms in total. The van der Waals surface area contributed by atoms with E-state index in [1.807, 2.05) is 0 Å². The molecule has 0 unspecified atom stereocenters. The van der Waals surface area contributed by atoms with Crippen LogP contribution in [0.3, 0.4) is 0 Å². The lowest BCUT2D eigenvalue weighted by Crippen LogP contribution is -2.03. The maximum Gasteiger partial charge on any atom is 0.296 e. The lowest BCUT2D eigenvalue weighted by Gasteiger charge is -1.99. The van der Waals surface area contributed by atoms with Gasteiger partial charge in [0.2, 0.25) is 5.82 Å². The van der Waals surface area contributed by atoms with Gasteiger partial charge in [-0.3, -0.25) is 10.1 Å². The molecule has 8 heteroatoms. The Morgan fingerprint density at radius 2 is 1.95 bits per heavy atom. The van der Waals surface area contributed by atoms with Crippen LogP contribution in [0.4, 0.5) is 10.1 Å². The van der Waals surface area contributed by atoms with Crippen molar-refractivity contribution in [2.24, 2.45) is 0 Å². The van der Waals surface area contributed by atoms with Crippen LogP contribution in [0.1, 0.15) is 0 Å². The molecule has 0 spiro atoms. The van der Waals surface area contributed by atoms with Crippen molar-refractivity contribution in [1.29, 1.82) is 0 Å². The van der Waals surface area contributed by atoms with E-state index < -0.39 is 10.7 Å². The predicted octanol–water partition coefficient (Wildman–Crippen LogP) is 2.38. The van der Waals surface area contributed by atoms with Gasteiger partial charge < -0.3 is 0 Å². The van der Waals surface area contributed by atoms with Gasteiger partial charge >= 0.3 is 0 Å². The van der Waals surface area contributed by atoms with E-state index in [-0.39, 0.29) is 17.2 Å². The lowest BCUT2D eigenvalue weighted by atomic mass is 10.2. The Morgan fingerprint density at radius 1 is 1.14 bits per heavy atom. The third-order valence-corrected chi connectivity index (χ3v) is 2.79. The van der Waals surface area contributed by atoms with Crippen molar-refractivity contribution in [2.75, 3.05) is 0 Å². The minimum Gasteiger partial charge on any atom is -0.258 e. The van der Waals surface area contributed by atoms with Crippen molar-refractivity contribution in [3.05, 3.63) is 64.5 Å². The zero-order valence-corrected chi connectivity index (χ0v) is 10.5. The van der Waals surface area contributed by atoms with Crippen LogP contribution in [-0.4, -0.2) is 25.1 Å². The molecule has 0 atom stereocenters. The van der Waals surface area contributed by atoms with Gasteiger partial charge in [-0.2, -0.15) is 0 Å².